The lowest BCUT2D eigenvalue weighted by atomic mass is 9.88. The molecule has 2 heteroatoms. The maximum absolute atomic E-state index is 5.68. The molecule has 0 spiro atoms. The second kappa shape index (κ2) is 7.94. The van der Waals surface area contributed by atoms with Crippen molar-refractivity contribution in [1.29, 1.82) is 0 Å². The van der Waals surface area contributed by atoms with Crippen molar-refractivity contribution in [1.82, 2.24) is 4.90 Å². The van der Waals surface area contributed by atoms with Gasteiger partial charge in [0.2, 0.25) is 0 Å². The van der Waals surface area contributed by atoms with E-state index < -0.39 is 0 Å². The van der Waals surface area contributed by atoms with Crippen LogP contribution in [-0.4, -0.2) is 23.0 Å². The monoisotopic (exact) mass is 297 g/mol. The van der Waals surface area contributed by atoms with Crippen LogP contribution in [0.25, 0.3) is 0 Å². The Balaban J connectivity index is 2.27. The van der Waals surface area contributed by atoms with Crippen molar-refractivity contribution < 1.29 is 0 Å². The molecular formula is C19H23NS. The Kier molecular flexibility index (Phi) is 5.94. The van der Waals surface area contributed by atoms with Gasteiger partial charge in [0.1, 0.15) is 0 Å². The van der Waals surface area contributed by atoms with E-state index in [2.05, 4.69) is 79.4 Å². The third-order valence-electron chi connectivity index (χ3n) is 3.90. The van der Waals surface area contributed by atoms with Crippen molar-refractivity contribution in [3.8, 4) is 0 Å². The van der Waals surface area contributed by atoms with Crippen LogP contribution in [0.2, 0.25) is 0 Å². The molecule has 0 saturated heterocycles. The van der Waals surface area contributed by atoms with E-state index in [-0.39, 0.29) is 0 Å². The molecule has 0 fully saturated rings. The maximum Gasteiger partial charge on any atom is 0.0788 e. The predicted octanol–water partition coefficient (Wildman–Crippen LogP) is 4.88. The van der Waals surface area contributed by atoms with Crippen LogP contribution in [-0.2, 0) is 0 Å². The Labute approximate surface area is 133 Å². The second-order valence-corrected chi connectivity index (χ2v) is 5.62. The number of nitrogens with zero attached hydrogens (tertiary/aromatic N) is 1. The molecule has 0 radical (unpaired) electrons. The highest BCUT2D eigenvalue weighted by Gasteiger charge is 2.18. The van der Waals surface area contributed by atoms with E-state index in [0.29, 0.717) is 5.92 Å². The zero-order valence-electron chi connectivity index (χ0n) is 12.8. The molecule has 0 aromatic heterocycles. The molecule has 2 aromatic carbocycles. The molecule has 0 aliphatic rings. The summed E-state index contributed by atoms with van der Waals surface area (Å²) in [6.45, 7) is 6.28. The summed E-state index contributed by atoms with van der Waals surface area (Å²) in [5.74, 6) is 0.334. The van der Waals surface area contributed by atoms with Gasteiger partial charge in [0.25, 0.3) is 0 Å². The van der Waals surface area contributed by atoms with Crippen molar-refractivity contribution in [2.45, 2.75) is 26.2 Å². The van der Waals surface area contributed by atoms with Gasteiger partial charge in [-0.2, -0.15) is 0 Å². The molecule has 0 aliphatic carbocycles. The number of benzene rings is 2. The molecule has 0 N–H and O–H groups in total. The normalized spacial score (nSPS) is 10.6. The van der Waals surface area contributed by atoms with Gasteiger partial charge in [-0.1, -0.05) is 72.9 Å². The van der Waals surface area contributed by atoms with Crippen molar-refractivity contribution in [2.75, 3.05) is 13.1 Å². The van der Waals surface area contributed by atoms with E-state index in [1.807, 2.05) is 0 Å². The van der Waals surface area contributed by atoms with Gasteiger partial charge in [-0.3, -0.25) is 0 Å². The number of rotatable bonds is 6. The van der Waals surface area contributed by atoms with Gasteiger partial charge in [-0.25, -0.2) is 0 Å². The van der Waals surface area contributed by atoms with Gasteiger partial charge in [0.15, 0.2) is 0 Å². The highest BCUT2D eigenvalue weighted by molar-refractivity contribution is 7.80. The van der Waals surface area contributed by atoms with Crippen LogP contribution >= 0.6 is 12.2 Å². The summed E-state index contributed by atoms with van der Waals surface area (Å²) in [4.78, 5) is 3.33. The molecule has 110 valence electrons. The minimum Gasteiger partial charge on any atom is -0.367 e. The molecule has 0 bridgehead atoms. The molecular weight excluding hydrogens is 274 g/mol. The van der Waals surface area contributed by atoms with Gasteiger partial charge in [0.05, 0.1) is 4.99 Å². The molecule has 0 atom stereocenters. The first-order valence-electron chi connectivity index (χ1n) is 7.63. The number of thiocarbonyl (C=S) groups is 1. The average molecular weight is 297 g/mol. The minimum atomic E-state index is 0.334. The summed E-state index contributed by atoms with van der Waals surface area (Å²) in [7, 11) is 0. The van der Waals surface area contributed by atoms with Crippen LogP contribution in [0.1, 0.15) is 37.3 Å². The third kappa shape index (κ3) is 4.15. The Morgan fingerprint density at radius 2 is 1.29 bits per heavy atom. The number of hydrogen-bond acceptors (Lipinski definition) is 1. The topological polar surface area (TPSA) is 3.24 Å². The first-order chi connectivity index (χ1) is 10.3. The summed E-state index contributed by atoms with van der Waals surface area (Å²) < 4.78 is 0. The largest absolute Gasteiger partial charge is 0.367 e. The van der Waals surface area contributed by atoms with Crippen molar-refractivity contribution in [2.24, 2.45) is 0 Å². The van der Waals surface area contributed by atoms with Crippen molar-refractivity contribution in [3.05, 3.63) is 71.8 Å². The van der Waals surface area contributed by atoms with E-state index in [4.69, 9.17) is 12.2 Å². The molecule has 0 unspecified atom stereocenters. The van der Waals surface area contributed by atoms with Crippen LogP contribution in [0, 0.1) is 0 Å². The molecule has 2 rings (SSSR count). The predicted molar refractivity (Wildman–Crippen MR) is 94.9 cm³/mol. The lowest BCUT2D eigenvalue weighted by Crippen LogP contribution is -2.30. The van der Waals surface area contributed by atoms with E-state index in [1.54, 1.807) is 0 Å². The van der Waals surface area contributed by atoms with Crippen molar-refractivity contribution in [3.63, 3.8) is 0 Å². The Morgan fingerprint density at radius 3 is 1.67 bits per heavy atom. The highest BCUT2D eigenvalue weighted by atomic mass is 32.1. The Hall–Kier alpha value is -1.67. The third-order valence-corrected chi connectivity index (χ3v) is 4.32. The van der Waals surface area contributed by atoms with Crippen LogP contribution in [0.3, 0.4) is 0 Å². The minimum absolute atomic E-state index is 0.334. The average Bonchev–Trinajstić information content (AvgIpc) is 2.55. The molecule has 0 aliphatic heterocycles. The summed E-state index contributed by atoms with van der Waals surface area (Å²) >= 11 is 5.68. The fourth-order valence-electron chi connectivity index (χ4n) is 2.68. The lowest BCUT2D eigenvalue weighted by molar-refractivity contribution is 0.461. The zero-order chi connectivity index (χ0) is 15.1. The van der Waals surface area contributed by atoms with Gasteiger partial charge in [-0.15, -0.1) is 0 Å². The molecule has 0 amide bonds. The zero-order valence-corrected chi connectivity index (χ0v) is 13.6. The molecule has 0 saturated carbocycles. The summed E-state index contributed by atoms with van der Waals surface area (Å²) in [6, 6.07) is 21.3. The van der Waals surface area contributed by atoms with Gasteiger partial charge in [-0.05, 0) is 25.0 Å². The first kappa shape index (κ1) is 15.7. The van der Waals surface area contributed by atoms with Crippen LogP contribution in [0.4, 0.5) is 0 Å². The van der Waals surface area contributed by atoms with Crippen LogP contribution in [0.5, 0.6) is 0 Å². The summed E-state index contributed by atoms with van der Waals surface area (Å²) in [6.07, 6.45) is 0.894. The maximum atomic E-state index is 5.68. The smallest absolute Gasteiger partial charge is 0.0788 e. The number of hydrogen-bond donors (Lipinski definition) is 0. The van der Waals surface area contributed by atoms with Crippen molar-refractivity contribution >= 4 is 17.2 Å². The highest BCUT2D eigenvalue weighted by Crippen LogP contribution is 2.28. The van der Waals surface area contributed by atoms with Gasteiger partial charge in [0, 0.05) is 25.4 Å². The summed E-state index contributed by atoms with van der Waals surface area (Å²) in [5, 5.41) is 0. The van der Waals surface area contributed by atoms with Gasteiger partial charge < -0.3 is 4.90 Å². The second-order valence-electron chi connectivity index (χ2n) is 5.14. The quantitative estimate of drug-likeness (QED) is 0.699. The lowest BCUT2D eigenvalue weighted by Gasteiger charge is -2.26. The Bertz CT molecular complexity index is 507. The Morgan fingerprint density at radius 1 is 0.857 bits per heavy atom. The van der Waals surface area contributed by atoms with E-state index in [9.17, 15) is 0 Å². The van der Waals surface area contributed by atoms with Crippen LogP contribution in [0.15, 0.2) is 60.7 Å². The fourth-order valence-corrected chi connectivity index (χ4v) is 3.10. The SMILES string of the molecule is CCN(CC)C(=S)CC(c1ccccc1)c1ccccc1. The van der Waals surface area contributed by atoms with E-state index in [0.717, 1.165) is 24.5 Å². The standard InChI is InChI=1S/C19H23NS/c1-3-20(4-2)19(21)15-18(16-11-7-5-8-12-16)17-13-9-6-10-14-17/h5-14,18H,3-4,15H2,1-2H3. The first-order valence-corrected chi connectivity index (χ1v) is 8.04. The molecule has 2 aromatic rings. The van der Waals surface area contributed by atoms with E-state index >= 15 is 0 Å². The van der Waals surface area contributed by atoms with Gasteiger partial charge >= 0.3 is 0 Å². The fraction of sp³-hybridized carbons (Fsp3) is 0.316. The molecule has 21 heavy (non-hydrogen) atoms. The summed E-state index contributed by atoms with van der Waals surface area (Å²) in [5.41, 5.74) is 2.66. The van der Waals surface area contributed by atoms with E-state index in [1.165, 1.54) is 11.1 Å². The van der Waals surface area contributed by atoms with Crippen LogP contribution < -0.4 is 0 Å². The molecule has 0 heterocycles. The molecule has 1 nitrogen and oxygen atoms in total.